The Morgan fingerprint density at radius 3 is 2.24 bits per heavy atom. The number of rotatable bonds is 9. The molecule has 1 aliphatic rings. The fourth-order valence-corrected chi connectivity index (χ4v) is 3.62. The molecule has 2 N–H and O–H groups in total. The first-order chi connectivity index (χ1) is 16.0. The third kappa shape index (κ3) is 6.26. The average molecular weight is 447 g/mol. The molecule has 3 aromatic carbocycles. The standard InChI is InChI=1S/C27H27FN2O3/c1-18-13-23(18)27(32)30-25-12-11-22(28)14-24(25)26(31)29-15-19-7-9-21(10-8-19)17-33-16-20-5-3-2-4-6-20/h2-12,14,18,23H,13,15-17H2,1H3,(H,29,31)(H,30,32). The Hall–Kier alpha value is -3.51. The number of benzene rings is 3. The van der Waals surface area contributed by atoms with Gasteiger partial charge in [-0.3, -0.25) is 9.59 Å². The number of ether oxygens (including phenoxy) is 1. The first-order valence-electron chi connectivity index (χ1n) is 11.1. The molecule has 170 valence electrons. The molecule has 1 fully saturated rings. The van der Waals surface area contributed by atoms with Gasteiger partial charge < -0.3 is 15.4 Å². The van der Waals surface area contributed by atoms with Crippen LogP contribution in [0.25, 0.3) is 0 Å². The molecule has 2 amide bonds. The zero-order valence-electron chi connectivity index (χ0n) is 18.5. The number of nitrogens with one attached hydrogen (secondary N) is 2. The molecule has 0 radical (unpaired) electrons. The van der Waals surface area contributed by atoms with Gasteiger partial charge in [0.05, 0.1) is 24.5 Å². The van der Waals surface area contributed by atoms with Crippen LogP contribution in [0.2, 0.25) is 0 Å². The first kappa shape index (κ1) is 22.7. The topological polar surface area (TPSA) is 67.4 Å². The van der Waals surface area contributed by atoms with E-state index in [4.69, 9.17) is 4.74 Å². The van der Waals surface area contributed by atoms with E-state index in [-0.39, 0.29) is 23.9 Å². The Balaban J connectivity index is 1.30. The summed E-state index contributed by atoms with van der Waals surface area (Å²) in [6.45, 7) is 3.33. The van der Waals surface area contributed by atoms with Crippen LogP contribution in [0.15, 0.2) is 72.8 Å². The molecule has 33 heavy (non-hydrogen) atoms. The van der Waals surface area contributed by atoms with Gasteiger partial charge in [0.1, 0.15) is 5.82 Å². The molecule has 0 heterocycles. The SMILES string of the molecule is CC1CC1C(=O)Nc1ccc(F)cc1C(=O)NCc1ccc(COCc2ccccc2)cc1. The quantitative estimate of drug-likeness (QED) is 0.482. The van der Waals surface area contributed by atoms with Crippen LogP contribution < -0.4 is 10.6 Å². The molecule has 2 unspecified atom stereocenters. The first-order valence-corrected chi connectivity index (χ1v) is 11.1. The summed E-state index contributed by atoms with van der Waals surface area (Å²) < 4.78 is 19.5. The van der Waals surface area contributed by atoms with E-state index in [0.717, 1.165) is 29.2 Å². The summed E-state index contributed by atoms with van der Waals surface area (Å²) in [5.74, 6) is -0.800. The average Bonchev–Trinajstić information content (AvgIpc) is 3.57. The summed E-state index contributed by atoms with van der Waals surface area (Å²) in [5.41, 5.74) is 3.50. The van der Waals surface area contributed by atoms with Gasteiger partial charge in [-0.25, -0.2) is 4.39 Å². The van der Waals surface area contributed by atoms with Crippen LogP contribution >= 0.6 is 0 Å². The van der Waals surface area contributed by atoms with Crippen LogP contribution in [0, 0.1) is 17.7 Å². The second-order valence-corrected chi connectivity index (χ2v) is 8.48. The molecule has 0 aliphatic heterocycles. The Kier molecular flexibility index (Phi) is 7.15. The molecule has 0 spiro atoms. The van der Waals surface area contributed by atoms with Gasteiger partial charge in [-0.2, -0.15) is 0 Å². The molecular weight excluding hydrogens is 419 g/mol. The fraction of sp³-hybridized carbons (Fsp3) is 0.259. The maximum Gasteiger partial charge on any atom is 0.253 e. The summed E-state index contributed by atoms with van der Waals surface area (Å²) in [5, 5.41) is 5.57. The Bertz CT molecular complexity index is 1120. The van der Waals surface area contributed by atoms with Gasteiger partial charge in [-0.15, -0.1) is 0 Å². The van der Waals surface area contributed by atoms with Gasteiger partial charge in [0.25, 0.3) is 5.91 Å². The van der Waals surface area contributed by atoms with Gasteiger partial charge in [0.2, 0.25) is 5.91 Å². The minimum absolute atomic E-state index is 0.0406. The molecule has 0 aromatic heterocycles. The highest BCUT2D eigenvalue weighted by Crippen LogP contribution is 2.38. The molecule has 5 nitrogen and oxygen atoms in total. The minimum Gasteiger partial charge on any atom is -0.372 e. The van der Waals surface area contributed by atoms with Crippen molar-refractivity contribution in [1.29, 1.82) is 0 Å². The van der Waals surface area contributed by atoms with Gasteiger partial charge in [0, 0.05) is 12.5 Å². The van der Waals surface area contributed by atoms with Crippen LogP contribution in [0.5, 0.6) is 0 Å². The number of hydrogen-bond acceptors (Lipinski definition) is 3. The summed E-state index contributed by atoms with van der Waals surface area (Å²) in [6.07, 6.45) is 0.835. The zero-order chi connectivity index (χ0) is 23.2. The van der Waals surface area contributed by atoms with Crippen LogP contribution in [-0.4, -0.2) is 11.8 Å². The number of hydrogen-bond donors (Lipinski definition) is 2. The lowest BCUT2D eigenvalue weighted by atomic mass is 10.1. The third-order valence-electron chi connectivity index (χ3n) is 5.79. The molecule has 4 rings (SSSR count). The van der Waals surface area contributed by atoms with Gasteiger partial charge in [-0.1, -0.05) is 61.5 Å². The van der Waals surface area contributed by atoms with Crippen molar-refractivity contribution in [1.82, 2.24) is 5.32 Å². The monoisotopic (exact) mass is 446 g/mol. The predicted octanol–water partition coefficient (Wildman–Crippen LogP) is 5.07. The van der Waals surface area contributed by atoms with E-state index in [0.29, 0.717) is 24.8 Å². The molecule has 0 saturated heterocycles. The van der Waals surface area contributed by atoms with Crippen molar-refractivity contribution in [3.8, 4) is 0 Å². The Morgan fingerprint density at radius 1 is 0.939 bits per heavy atom. The zero-order valence-corrected chi connectivity index (χ0v) is 18.5. The van der Waals surface area contributed by atoms with Crippen molar-refractivity contribution >= 4 is 17.5 Å². The number of anilines is 1. The van der Waals surface area contributed by atoms with Crippen molar-refractivity contribution in [3.05, 3.63) is 101 Å². The molecule has 2 atom stereocenters. The summed E-state index contributed by atoms with van der Waals surface area (Å²) in [7, 11) is 0. The van der Waals surface area contributed by atoms with Crippen molar-refractivity contribution in [2.45, 2.75) is 33.1 Å². The summed E-state index contributed by atoms with van der Waals surface area (Å²) in [6, 6.07) is 21.5. The van der Waals surface area contributed by atoms with E-state index in [9.17, 15) is 14.0 Å². The highest BCUT2D eigenvalue weighted by Gasteiger charge is 2.39. The number of carbonyl (C=O) groups is 2. The van der Waals surface area contributed by atoms with Gasteiger partial charge in [0.15, 0.2) is 0 Å². The lowest BCUT2D eigenvalue weighted by molar-refractivity contribution is -0.117. The predicted molar refractivity (Wildman–Crippen MR) is 125 cm³/mol. The fourth-order valence-electron chi connectivity index (χ4n) is 3.62. The van der Waals surface area contributed by atoms with Crippen molar-refractivity contribution < 1.29 is 18.7 Å². The van der Waals surface area contributed by atoms with Crippen LogP contribution in [-0.2, 0) is 29.3 Å². The van der Waals surface area contributed by atoms with Crippen molar-refractivity contribution in [2.75, 3.05) is 5.32 Å². The molecular formula is C27H27FN2O3. The van der Waals surface area contributed by atoms with Crippen molar-refractivity contribution in [3.63, 3.8) is 0 Å². The van der Waals surface area contributed by atoms with E-state index < -0.39 is 11.7 Å². The van der Waals surface area contributed by atoms with Crippen LogP contribution in [0.1, 0.15) is 40.4 Å². The van der Waals surface area contributed by atoms with Crippen LogP contribution in [0.3, 0.4) is 0 Å². The number of carbonyl (C=O) groups excluding carboxylic acids is 2. The van der Waals surface area contributed by atoms with E-state index in [2.05, 4.69) is 10.6 Å². The lowest BCUT2D eigenvalue weighted by Crippen LogP contribution is -2.25. The van der Waals surface area contributed by atoms with E-state index >= 15 is 0 Å². The normalized spacial score (nSPS) is 16.8. The Morgan fingerprint density at radius 2 is 1.58 bits per heavy atom. The maximum atomic E-state index is 13.8. The molecule has 0 bridgehead atoms. The Labute approximate surface area is 193 Å². The van der Waals surface area contributed by atoms with E-state index in [1.165, 1.54) is 12.1 Å². The highest BCUT2D eigenvalue weighted by molar-refractivity contribution is 6.04. The van der Waals surface area contributed by atoms with Crippen LogP contribution in [0.4, 0.5) is 10.1 Å². The smallest absolute Gasteiger partial charge is 0.253 e. The van der Waals surface area contributed by atoms with Crippen molar-refractivity contribution in [2.24, 2.45) is 11.8 Å². The summed E-state index contributed by atoms with van der Waals surface area (Å²) in [4.78, 5) is 25.0. The number of halogens is 1. The number of amides is 2. The second-order valence-electron chi connectivity index (χ2n) is 8.48. The largest absolute Gasteiger partial charge is 0.372 e. The lowest BCUT2D eigenvalue weighted by Gasteiger charge is -2.12. The van der Waals surface area contributed by atoms with Gasteiger partial charge >= 0.3 is 0 Å². The van der Waals surface area contributed by atoms with E-state index in [1.807, 2.05) is 61.5 Å². The maximum absolute atomic E-state index is 13.8. The molecule has 3 aromatic rings. The molecule has 6 heteroatoms. The molecule has 1 aliphatic carbocycles. The van der Waals surface area contributed by atoms with Gasteiger partial charge in [-0.05, 0) is 47.2 Å². The second kappa shape index (κ2) is 10.4. The third-order valence-corrected chi connectivity index (χ3v) is 5.79. The van der Waals surface area contributed by atoms with E-state index in [1.54, 1.807) is 0 Å². The minimum atomic E-state index is -0.530. The molecule has 1 saturated carbocycles. The highest BCUT2D eigenvalue weighted by atomic mass is 19.1. The summed E-state index contributed by atoms with van der Waals surface area (Å²) >= 11 is 0.